The molecule has 0 spiro atoms. The van der Waals surface area contributed by atoms with Gasteiger partial charge in [0.15, 0.2) is 0 Å². The minimum Gasteiger partial charge on any atom is -0.394 e. The minimum atomic E-state index is -4.27. The highest BCUT2D eigenvalue weighted by Crippen LogP contribution is 2.17. The molecule has 80 valence electrons. The van der Waals surface area contributed by atoms with Gasteiger partial charge in [-0.25, -0.2) is 4.98 Å². The van der Waals surface area contributed by atoms with E-state index in [9.17, 15) is 13.2 Å². The van der Waals surface area contributed by atoms with Crippen molar-refractivity contribution in [2.24, 2.45) is 0 Å². The fourth-order valence-corrected chi connectivity index (χ4v) is 1.50. The number of aliphatic hydroxyl groups is 1. The molecule has 1 unspecified atom stereocenters. The zero-order valence-corrected chi connectivity index (χ0v) is 7.90. The van der Waals surface area contributed by atoms with E-state index in [-0.39, 0.29) is 0 Å². The van der Waals surface area contributed by atoms with Crippen LogP contribution in [0.15, 0.2) is 10.9 Å². The molecule has 1 aromatic heterocycles. The fourth-order valence-electron chi connectivity index (χ4n) is 0.896. The zero-order chi connectivity index (χ0) is 10.6. The molecule has 0 aromatic carbocycles. The van der Waals surface area contributed by atoms with Crippen LogP contribution < -0.4 is 5.32 Å². The van der Waals surface area contributed by atoms with Gasteiger partial charge in [-0.1, -0.05) is 0 Å². The maximum absolute atomic E-state index is 11.8. The third kappa shape index (κ3) is 3.60. The smallest absolute Gasteiger partial charge is 0.394 e. The predicted octanol–water partition coefficient (Wildman–Crippen LogP) is 1.33. The standard InChI is InChI=1S/C7H9F3N2OS/c8-7(9,10)3-11-5(1-13)6-2-14-4-12-6/h2,4-5,11,13H,1,3H2. The summed E-state index contributed by atoms with van der Waals surface area (Å²) in [7, 11) is 0. The number of aromatic nitrogens is 1. The number of halogens is 3. The quantitative estimate of drug-likeness (QED) is 0.814. The van der Waals surface area contributed by atoms with E-state index in [0.29, 0.717) is 5.69 Å². The van der Waals surface area contributed by atoms with E-state index in [4.69, 9.17) is 5.11 Å². The Labute approximate surface area is 82.6 Å². The summed E-state index contributed by atoms with van der Waals surface area (Å²) in [6.45, 7) is -1.53. The molecule has 1 rings (SSSR count). The summed E-state index contributed by atoms with van der Waals surface area (Å²) in [5.74, 6) is 0. The Kier molecular flexibility index (Phi) is 3.85. The van der Waals surface area contributed by atoms with Crippen LogP contribution in [0, 0.1) is 0 Å². The molecule has 0 aliphatic carbocycles. The molecule has 7 heteroatoms. The van der Waals surface area contributed by atoms with Gasteiger partial charge >= 0.3 is 6.18 Å². The van der Waals surface area contributed by atoms with E-state index in [0.717, 1.165) is 0 Å². The van der Waals surface area contributed by atoms with Crippen molar-refractivity contribution in [3.8, 4) is 0 Å². The maximum atomic E-state index is 11.8. The van der Waals surface area contributed by atoms with Gasteiger partial charge in [0.2, 0.25) is 0 Å². The van der Waals surface area contributed by atoms with Gasteiger partial charge in [-0.05, 0) is 0 Å². The van der Waals surface area contributed by atoms with E-state index < -0.39 is 25.4 Å². The summed E-state index contributed by atoms with van der Waals surface area (Å²) < 4.78 is 35.5. The van der Waals surface area contributed by atoms with E-state index in [1.807, 2.05) is 0 Å². The predicted molar refractivity (Wildman–Crippen MR) is 46.0 cm³/mol. The number of hydrogen-bond donors (Lipinski definition) is 2. The van der Waals surface area contributed by atoms with Crippen molar-refractivity contribution < 1.29 is 18.3 Å². The summed E-state index contributed by atoms with van der Waals surface area (Å²) >= 11 is 1.27. The first kappa shape index (κ1) is 11.4. The first-order valence-corrected chi connectivity index (χ1v) is 4.76. The number of thiazole rings is 1. The molecule has 0 aliphatic rings. The van der Waals surface area contributed by atoms with E-state index in [1.165, 1.54) is 16.8 Å². The van der Waals surface area contributed by atoms with E-state index in [2.05, 4.69) is 10.3 Å². The number of hydrogen-bond acceptors (Lipinski definition) is 4. The summed E-state index contributed by atoms with van der Waals surface area (Å²) in [4.78, 5) is 3.82. The van der Waals surface area contributed by atoms with Gasteiger partial charge in [0.05, 0.1) is 30.4 Å². The molecular formula is C7H9F3N2OS. The molecule has 0 saturated carbocycles. The number of aliphatic hydroxyl groups excluding tert-OH is 1. The lowest BCUT2D eigenvalue weighted by Gasteiger charge is -2.15. The Hall–Kier alpha value is -0.660. The molecule has 1 aromatic rings. The van der Waals surface area contributed by atoms with Gasteiger partial charge in [0.25, 0.3) is 0 Å². The maximum Gasteiger partial charge on any atom is 0.401 e. The molecule has 2 N–H and O–H groups in total. The monoisotopic (exact) mass is 226 g/mol. The van der Waals surface area contributed by atoms with Crippen molar-refractivity contribution in [1.29, 1.82) is 0 Å². The Balaban J connectivity index is 2.49. The van der Waals surface area contributed by atoms with Crippen LogP contribution in [0.5, 0.6) is 0 Å². The van der Waals surface area contributed by atoms with Crippen molar-refractivity contribution >= 4 is 11.3 Å². The normalized spacial score (nSPS) is 14.3. The van der Waals surface area contributed by atoms with Crippen LogP contribution in [0.1, 0.15) is 11.7 Å². The second-order valence-corrected chi connectivity index (χ2v) is 3.36. The average molecular weight is 226 g/mol. The molecule has 0 radical (unpaired) electrons. The van der Waals surface area contributed by atoms with Crippen molar-refractivity contribution in [3.05, 3.63) is 16.6 Å². The van der Waals surface area contributed by atoms with Gasteiger partial charge in [0.1, 0.15) is 0 Å². The Morgan fingerprint density at radius 1 is 1.57 bits per heavy atom. The van der Waals surface area contributed by atoms with Crippen LogP contribution in [0.3, 0.4) is 0 Å². The second-order valence-electron chi connectivity index (χ2n) is 2.64. The van der Waals surface area contributed by atoms with Crippen LogP contribution in [0.4, 0.5) is 13.2 Å². The zero-order valence-electron chi connectivity index (χ0n) is 7.08. The van der Waals surface area contributed by atoms with Crippen molar-refractivity contribution in [3.63, 3.8) is 0 Å². The van der Waals surface area contributed by atoms with Gasteiger partial charge in [-0.15, -0.1) is 11.3 Å². The highest BCUT2D eigenvalue weighted by molar-refractivity contribution is 7.07. The Bertz CT molecular complexity index is 262. The molecular weight excluding hydrogens is 217 g/mol. The van der Waals surface area contributed by atoms with Crippen molar-refractivity contribution in [1.82, 2.24) is 10.3 Å². The Morgan fingerprint density at radius 3 is 2.71 bits per heavy atom. The van der Waals surface area contributed by atoms with Gasteiger partial charge in [-0.3, -0.25) is 5.32 Å². The van der Waals surface area contributed by atoms with Gasteiger partial charge < -0.3 is 5.11 Å². The van der Waals surface area contributed by atoms with E-state index >= 15 is 0 Å². The Morgan fingerprint density at radius 2 is 2.29 bits per heavy atom. The largest absolute Gasteiger partial charge is 0.401 e. The topological polar surface area (TPSA) is 45.1 Å². The number of nitrogens with one attached hydrogen (secondary N) is 1. The first-order chi connectivity index (χ1) is 6.53. The van der Waals surface area contributed by atoms with Crippen molar-refractivity contribution in [2.75, 3.05) is 13.2 Å². The lowest BCUT2D eigenvalue weighted by atomic mass is 10.2. The summed E-state index contributed by atoms with van der Waals surface area (Å²) in [6, 6.07) is -0.747. The summed E-state index contributed by atoms with van der Waals surface area (Å²) in [5, 5.41) is 12.6. The third-order valence-corrected chi connectivity index (χ3v) is 2.14. The van der Waals surface area contributed by atoms with Gasteiger partial charge in [-0.2, -0.15) is 13.2 Å². The number of rotatable bonds is 4. The number of alkyl halides is 3. The van der Waals surface area contributed by atoms with Crippen LogP contribution in [0.2, 0.25) is 0 Å². The molecule has 0 aliphatic heterocycles. The molecule has 0 amide bonds. The number of nitrogens with zero attached hydrogens (tertiary/aromatic N) is 1. The highest BCUT2D eigenvalue weighted by atomic mass is 32.1. The van der Waals surface area contributed by atoms with Gasteiger partial charge in [0, 0.05) is 5.38 Å². The van der Waals surface area contributed by atoms with Crippen LogP contribution >= 0.6 is 11.3 Å². The summed E-state index contributed by atoms with van der Waals surface area (Å²) in [6.07, 6.45) is -4.27. The third-order valence-electron chi connectivity index (χ3n) is 1.54. The summed E-state index contributed by atoms with van der Waals surface area (Å²) in [5.41, 5.74) is 1.94. The fraction of sp³-hybridized carbons (Fsp3) is 0.571. The lowest BCUT2D eigenvalue weighted by Crippen LogP contribution is -2.33. The molecule has 1 heterocycles. The molecule has 0 saturated heterocycles. The first-order valence-electron chi connectivity index (χ1n) is 3.82. The van der Waals surface area contributed by atoms with Crippen molar-refractivity contribution in [2.45, 2.75) is 12.2 Å². The molecule has 3 nitrogen and oxygen atoms in total. The van der Waals surface area contributed by atoms with Crippen LogP contribution in [-0.2, 0) is 0 Å². The highest BCUT2D eigenvalue weighted by Gasteiger charge is 2.28. The lowest BCUT2D eigenvalue weighted by molar-refractivity contribution is -0.126. The average Bonchev–Trinajstić information content (AvgIpc) is 2.56. The minimum absolute atomic E-state index is 0.403. The second kappa shape index (κ2) is 4.72. The molecule has 0 bridgehead atoms. The van der Waals surface area contributed by atoms with Crippen LogP contribution in [-0.4, -0.2) is 29.4 Å². The van der Waals surface area contributed by atoms with E-state index in [1.54, 1.807) is 5.38 Å². The molecule has 0 fully saturated rings. The molecule has 14 heavy (non-hydrogen) atoms. The van der Waals surface area contributed by atoms with Crippen LogP contribution in [0.25, 0.3) is 0 Å². The SMILES string of the molecule is OCC(NCC(F)(F)F)c1cscn1. The molecule has 1 atom stereocenters.